The molecule has 3 rings (SSSR count). The third-order valence-corrected chi connectivity index (χ3v) is 4.56. The molecule has 0 aromatic heterocycles. The number of benzene rings is 3. The maximum Gasteiger partial charge on any atom is 0.265 e. The summed E-state index contributed by atoms with van der Waals surface area (Å²) in [5.74, 6) is 0.461. The van der Waals surface area contributed by atoms with E-state index < -0.39 is 0 Å². The second-order valence-electron chi connectivity index (χ2n) is 6.69. The molecule has 0 aliphatic heterocycles. The Bertz CT molecular complexity index is 1000. The number of carbonyl (C=O) groups is 2. The van der Waals surface area contributed by atoms with E-state index >= 15 is 0 Å². The first-order valence-electron chi connectivity index (χ1n) is 9.59. The first-order chi connectivity index (χ1) is 14.1. The Morgan fingerprint density at radius 3 is 2.28 bits per heavy atom. The van der Waals surface area contributed by atoms with Crippen LogP contribution in [0.1, 0.15) is 39.6 Å². The first kappa shape index (κ1) is 20.4. The molecule has 0 saturated heterocycles. The minimum absolute atomic E-state index is 0.145. The van der Waals surface area contributed by atoms with Crippen LogP contribution in [0.25, 0.3) is 10.8 Å². The predicted molar refractivity (Wildman–Crippen MR) is 114 cm³/mol. The SMILES string of the molecule is CCCNNC(=O)c1ccc(CNC(=O)c2ccc3cc(OC)ccc3c2)cc1. The lowest BCUT2D eigenvalue weighted by Crippen LogP contribution is -2.37. The molecule has 6 nitrogen and oxygen atoms in total. The zero-order valence-corrected chi connectivity index (χ0v) is 16.6. The molecule has 0 saturated carbocycles. The van der Waals surface area contributed by atoms with E-state index in [1.165, 1.54) is 0 Å². The maximum atomic E-state index is 12.5. The van der Waals surface area contributed by atoms with E-state index in [9.17, 15) is 9.59 Å². The number of fused-ring (bicyclic) bond motifs is 1. The predicted octanol–water partition coefficient (Wildman–Crippen LogP) is 3.42. The van der Waals surface area contributed by atoms with Crippen LogP contribution < -0.4 is 20.9 Å². The van der Waals surface area contributed by atoms with Crippen LogP contribution in [0.5, 0.6) is 5.75 Å². The van der Waals surface area contributed by atoms with Crippen LogP contribution in [-0.2, 0) is 6.54 Å². The quantitative estimate of drug-likeness (QED) is 0.406. The summed E-state index contributed by atoms with van der Waals surface area (Å²) < 4.78 is 5.23. The van der Waals surface area contributed by atoms with Crippen molar-refractivity contribution in [3.8, 4) is 5.75 Å². The molecule has 2 amide bonds. The van der Waals surface area contributed by atoms with Gasteiger partial charge in [-0.15, -0.1) is 0 Å². The van der Waals surface area contributed by atoms with Gasteiger partial charge in [0.15, 0.2) is 0 Å². The molecule has 0 bridgehead atoms. The molecule has 3 N–H and O–H groups in total. The molecule has 0 unspecified atom stereocenters. The van der Waals surface area contributed by atoms with E-state index in [0.29, 0.717) is 17.7 Å². The molecule has 29 heavy (non-hydrogen) atoms. The Morgan fingerprint density at radius 1 is 0.862 bits per heavy atom. The summed E-state index contributed by atoms with van der Waals surface area (Å²) in [4.78, 5) is 24.5. The standard InChI is InChI=1S/C23H25N3O3/c1-3-12-25-26-23(28)17-6-4-16(5-7-17)15-24-22(27)20-9-8-19-14-21(29-2)11-10-18(19)13-20/h4-11,13-14,25H,3,12,15H2,1-2H3,(H,24,27)(H,26,28). The number of ether oxygens (including phenoxy) is 1. The summed E-state index contributed by atoms with van der Waals surface area (Å²) in [6.07, 6.45) is 0.935. The zero-order chi connectivity index (χ0) is 20.6. The van der Waals surface area contributed by atoms with Crippen molar-refractivity contribution < 1.29 is 14.3 Å². The van der Waals surface area contributed by atoms with Crippen molar-refractivity contribution in [3.63, 3.8) is 0 Å². The van der Waals surface area contributed by atoms with E-state index in [4.69, 9.17) is 4.74 Å². The molecule has 0 fully saturated rings. The summed E-state index contributed by atoms with van der Waals surface area (Å²) in [6.45, 7) is 3.13. The molecule has 3 aromatic carbocycles. The first-order valence-corrected chi connectivity index (χ1v) is 9.59. The average molecular weight is 391 g/mol. The summed E-state index contributed by atoms with van der Waals surface area (Å²) in [6, 6.07) is 18.5. The van der Waals surface area contributed by atoms with Crippen molar-refractivity contribution in [2.75, 3.05) is 13.7 Å². The van der Waals surface area contributed by atoms with Gasteiger partial charge in [-0.25, -0.2) is 5.43 Å². The Kier molecular flexibility index (Phi) is 6.81. The fourth-order valence-electron chi connectivity index (χ4n) is 2.89. The monoisotopic (exact) mass is 391 g/mol. The van der Waals surface area contributed by atoms with Crippen molar-refractivity contribution in [3.05, 3.63) is 77.4 Å². The Labute approximate surface area is 170 Å². The molecular weight excluding hydrogens is 366 g/mol. The van der Waals surface area contributed by atoms with E-state index in [0.717, 1.165) is 35.1 Å². The fourth-order valence-corrected chi connectivity index (χ4v) is 2.89. The highest BCUT2D eigenvalue weighted by molar-refractivity contribution is 5.98. The molecule has 0 aliphatic rings. The molecule has 150 valence electrons. The number of rotatable bonds is 8. The van der Waals surface area contributed by atoms with Gasteiger partial charge in [0.25, 0.3) is 11.8 Å². The zero-order valence-electron chi connectivity index (χ0n) is 16.6. The van der Waals surface area contributed by atoms with Gasteiger partial charge in [-0.2, -0.15) is 0 Å². The van der Waals surface area contributed by atoms with Crippen molar-refractivity contribution >= 4 is 22.6 Å². The fraction of sp³-hybridized carbons (Fsp3) is 0.217. The number of methoxy groups -OCH3 is 1. The Balaban J connectivity index is 1.58. The summed E-state index contributed by atoms with van der Waals surface area (Å²) in [5, 5.41) is 4.91. The second-order valence-corrected chi connectivity index (χ2v) is 6.69. The van der Waals surface area contributed by atoms with Crippen LogP contribution in [0.2, 0.25) is 0 Å². The van der Waals surface area contributed by atoms with E-state index in [1.807, 2.05) is 49.4 Å². The third kappa shape index (κ3) is 5.33. The lowest BCUT2D eigenvalue weighted by Gasteiger charge is -2.09. The van der Waals surface area contributed by atoms with Crippen LogP contribution >= 0.6 is 0 Å². The number of hydrazine groups is 1. The van der Waals surface area contributed by atoms with E-state index in [-0.39, 0.29) is 11.8 Å². The molecule has 0 spiro atoms. The molecule has 0 aliphatic carbocycles. The smallest absolute Gasteiger partial charge is 0.265 e. The highest BCUT2D eigenvalue weighted by Gasteiger charge is 2.08. The number of hydrogen-bond donors (Lipinski definition) is 3. The molecule has 0 heterocycles. The van der Waals surface area contributed by atoms with Gasteiger partial charge in [0.2, 0.25) is 0 Å². The van der Waals surface area contributed by atoms with Gasteiger partial charge in [0, 0.05) is 24.2 Å². The summed E-state index contributed by atoms with van der Waals surface area (Å²) >= 11 is 0. The van der Waals surface area contributed by atoms with Crippen molar-refractivity contribution in [1.82, 2.24) is 16.2 Å². The van der Waals surface area contributed by atoms with Gasteiger partial charge in [-0.3, -0.25) is 15.0 Å². The number of nitrogens with one attached hydrogen (secondary N) is 3. The Hall–Kier alpha value is -3.38. The second kappa shape index (κ2) is 9.71. The molecular formula is C23H25N3O3. The van der Waals surface area contributed by atoms with Crippen LogP contribution in [0.15, 0.2) is 60.7 Å². The molecule has 0 radical (unpaired) electrons. The minimum Gasteiger partial charge on any atom is -0.497 e. The van der Waals surface area contributed by atoms with Gasteiger partial charge in [-0.05, 0) is 59.2 Å². The van der Waals surface area contributed by atoms with E-state index in [1.54, 1.807) is 25.3 Å². The number of hydrogen-bond acceptors (Lipinski definition) is 4. The van der Waals surface area contributed by atoms with Crippen LogP contribution in [0.4, 0.5) is 0 Å². The lowest BCUT2D eigenvalue weighted by atomic mass is 10.1. The highest BCUT2D eigenvalue weighted by atomic mass is 16.5. The summed E-state index contributed by atoms with van der Waals surface area (Å²) in [5.41, 5.74) is 7.59. The molecule has 6 heteroatoms. The van der Waals surface area contributed by atoms with Crippen LogP contribution in [0.3, 0.4) is 0 Å². The van der Waals surface area contributed by atoms with E-state index in [2.05, 4.69) is 16.2 Å². The lowest BCUT2D eigenvalue weighted by molar-refractivity contribution is 0.0929. The van der Waals surface area contributed by atoms with Crippen molar-refractivity contribution in [2.24, 2.45) is 0 Å². The normalized spacial score (nSPS) is 10.6. The third-order valence-electron chi connectivity index (χ3n) is 4.56. The van der Waals surface area contributed by atoms with Gasteiger partial charge < -0.3 is 10.1 Å². The van der Waals surface area contributed by atoms with Crippen LogP contribution in [-0.4, -0.2) is 25.5 Å². The largest absolute Gasteiger partial charge is 0.497 e. The average Bonchev–Trinajstić information content (AvgIpc) is 2.77. The highest BCUT2D eigenvalue weighted by Crippen LogP contribution is 2.22. The Morgan fingerprint density at radius 2 is 1.55 bits per heavy atom. The van der Waals surface area contributed by atoms with Gasteiger partial charge in [-0.1, -0.05) is 31.2 Å². The van der Waals surface area contributed by atoms with Gasteiger partial charge >= 0.3 is 0 Å². The van der Waals surface area contributed by atoms with Crippen molar-refractivity contribution in [1.29, 1.82) is 0 Å². The number of amides is 2. The van der Waals surface area contributed by atoms with Crippen LogP contribution in [0, 0.1) is 0 Å². The maximum absolute atomic E-state index is 12.5. The van der Waals surface area contributed by atoms with Gasteiger partial charge in [0.1, 0.15) is 5.75 Å². The van der Waals surface area contributed by atoms with Gasteiger partial charge in [0.05, 0.1) is 7.11 Å². The number of carbonyl (C=O) groups excluding carboxylic acids is 2. The van der Waals surface area contributed by atoms with Crippen molar-refractivity contribution in [2.45, 2.75) is 19.9 Å². The molecule has 3 aromatic rings. The minimum atomic E-state index is -0.179. The molecule has 0 atom stereocenters. The topological polar surface area (TPSA) is 79.5 Å². The summed E-state index contributed by atoms with van der Waals surface area (Å²) in [7, 11) is 1.63.